The monoisotopic (exact) mass is 380 g/mol. The number of benzene rings is 1. The van der Waals surface area contributed by atoms with E-state index in [-0.39, 0.29) is 12.3 Å². The summed E-state index contributed by atoms with van der Waals surface area (Å²) in [6, 6.07) is 9.31. The van der Waals surface area contributed by atoms with E-state index in [9.17, 15) is 4.79 Å². The molecule has 8 nitrogen and oxygen atoms in total. The van der Waals surface area contributed by atoms with Gasteiger partial charge in [-0.25, -0.2) is 4.98 Å². The van der Waals surface area contributed by atoms with E-state index in [1.807, 2.05) is 63.2 Å². The number of hydrogen-bond acceptors (Lipinski definition) is 7. The molecule has 0 radical (unpaired) electrons. The number of carbonyl (C=O) groups is 1. The largest absolute Gasteiger partial charge is 0.363 e. The third kappa shape index (κ3) is 4.64. The fourth-order valence-corrected chi connectivity index (χ4v) is 2.72. The third-order valence-corrected chi connectivity index (χ3v) is 4.24. The molecular formula is C20H24N6O2. The highest BCUT2D eigenvalue weighted by Crippen LogP contribution is 2.20. The second-order valence-corrected chi connectivity index (χ2v) is 6.82. The Balaban J connectivity index is 1.64. The van der Waals surface area contributed by atoms with Crippen molar-refractivity contribution in [3.05, 3.63) is 53.0 Å². The maximum Gasteiger partial charge on any atom is 0.229 e. The SMILES string of the molecule is Cc1cc(N(C)C)nc(Nc2ccc(NC(=O)Cc3c(C)noc3C)cc2)n1. The summed E-state index contributed by atoms with van der Waals surface area (Å²) in [6.07, 6.45) is 0.228. The van der Waals surface area contributed by atoms with Crippen molar-refractivity contribution in [2.45, 2.75) is 27.2 Å². The van der Waals surface area contributed by atoms with Crippen LogP contribution in [0.2, 0.25) is 0 Å². The molecule has 0 saturated heterocycles. The highest BCUT2D eigenvalue weighted by atomic mass is 16.5. The molecule has 0 aliphatic heterocycles. The molecule has 0 aliphatic carbocycles. The number of hydrogen-bond donors (Lipinski definition) is 2. The molecule has 0 saturated carbocycles. The van der Waals surface area contributed by atoms with Gasteiger partial charge in [-0.15, -0.1) is 0 Å². The van der Waals surface area contributed by atoms with Crippen molar-refractivity contribution in [3.8, 4) is 0 Å². The van der Waals surface area contributed by atoms with Crippen molar-refractivity contribution in [1.29, 1.82) is 0 Å². The molecule has 1 amide bonds. The van der Waals surface area contributed by atoms with Crippen LogP contribution in [0.1, 0.15) is 22.7 Å². The van der Waals surface area contributed by atoms with Gasteiger partial charge in [-0.2, -0.15) is 4.98 Å². The molecule has 0 atom stereocenters. The van der Waals surface area contributed by atoms with Crippen molar-refractivity contribution >= 4 is 29.0 Å². The van der Waals surface area contributed by atoms with Gasteiger partial charge in [0.1, 0.15) is 11.6 Å². The maximum atomic E-state index is 12.3. The van der Waals surface area contributed by atoms with Gasteiger partial charge in [0.2, 0.25) is 11.9 Å². The molecule has 2 heterocycles. The average molecular weight is 380 g/mol. The molecule has 0 aliphatic rings. The van der Waals surface area contributed by atoms with E-state index in [1.165, 1.54) is 0 Å². The summed E-state index contributed by atoms with van der Waals surface area (Å²) in [6.45, 7) is 5.56. The Morgan fingerprint density at radius 3 is 2.36 bits per heavy atom. The van der Waals surface area contributed by atoms with Crippen LogP contribution >= 0.6 is 0 Å². The minimum atomic E-state index is -0.118. The fourth-order valence-electron chi connectivity index (χ4n) is 2.72. The predicted octanol–water partition coefficient (Wildman–Crippen LogP) is 3.38. The molecule has 8 heteroatoms. The minimum absolute atomic E-state index is 0.118. The van der Waals surface area contributed by atoms with Crippen molar-refractivity contribution in [2.75, 3.05) is 29.6 Å². The van der Waals surface area contributed by atoms with Crippen LogP contribution in [0, 0.1) is 20.8 Å². The standard InChI is InChI=1S/C20H24N6O2/c1-12-10-18(26(4)5)24-20(21-12)23-16-8-6-15(7-9-16)22-19(27)11-17-13(2)25-28-14(17)3/h6-10H,11H2,1-5H3,(H,22,27)(H,21,23,24). The van der Waals surface area contributed by atoms with Gasteiger partial charge in [-0.3, -0.25) is 4.79 Å². The third-order valence-electron chi connectivity index (χ3n) is 4.24. The van der Waals surface area contributed by atoms with Crippen molar-refractivity contribution in [1.82, 2.24) is 15.1 Å². The Bertz CT molecular complexity index is 959. The summed E-state index contributed by atoms with van der Waals surface area (Å²) in [4.78, 5) is 23.1. The lowest BCUT2D eigenvalue weighted by Crippen LogP contribution is -2.15. The summed E-state index contributed by atoms with van der Waals surface area (Å²) < 4.78 is 5.10. The number of carbonyl (C=O) groups excluding carboxylic acids is 1. The summed E-state index contributed by atoms with van der Waals surface area (Å²) in [7, 11) is 3.87. The number of nitrogens with zero attached hydrogens (tertiary/aromatic N) is 4. The highest BCUT2D eigenvalue weighted by molar-refractivity contribution is 5.92. The van der Waals surface area contributed by atoms with E-state index in [0.717, 1.165) is 28.5 Å². The first kappa shape index (κ1) is 19.3. The summed E-state index contributed by atoms with van der Waals surface area (Å²) in [5.74, 6) is 1.91. The smallest absolute Gasteiger partial charge is 0.229 e. The average Bonchev–Trinajstić information content (AvgIpc) is 2.95. The van der Waals surface area contributed by atoms with Gasteiger partial charge in [0.05, 0.1) is 12.1 Å². The fraction of sp³-hybridized carbons (Fsp3) is 0.300. The summed E-state index contributed by atoms with van der Waals surface area (Å²) in [5, 5.41) is 9.95. The van der Waals surface area contributed by atoms with Gasteiger partial charge in [0.15, 0.2) is 0 Å². The van der Waals surface area contributed by atoms with Crippen LogP contribution < -0.4 is 15.5 Å². The van der Waals surface area contributed by atoms with Crippen molar-refractivity contribution < 1.29 is 9.32 Å². The second-order valence-electron chi connectivity index (χ2n) is 6.82. The van der Waals surface area contributed by atoms with Gasteiger partial charge in [-0.1, -0.05) is 5.16 Å². The number of amides is 1. The van der Waals surface area contributed by atoms with Crippen LogP contribution in [0.25, 0.3) is 0 Å². The quantitative estimate of drug-likeness (QED) is 0.677. The zero-order chi connectivity index (χ0) is 20.3. The van der Waals surface area contributed by atoms with E-state index in [4.69, 9.17) is 4.52 Å². The number of aromatic nitrogens is 3. The van der Waals surface area contributed by atoms with Crippen LogP contribution in [0.3, 0.4) is 0 Å². The molecule has 0 bridgehead atoms. The topological polar surface area (TPSA) is 96.2 Å². The number of aryl methyl sites for hydroxylation is 3. The Morgan fingerprint density at radius 1 is 1.07 bits per heavy atom. The molecule has 3 aromatic rings. The number of anilines is 4. The molecule has 0 unspecified atom stereocenters. The Kier molecular flexibility index (Phi) is 5.58. The summed E-state index contributed by atoms with van der Waals surface area (Å²) in [5.41, 5.74) is 3.98. The van der Waals surface area contributed by atoms with Crippen LogP contribution in [0.15, 0.2) is 34.9 Å². The number of nitrogens with one attached hydrogen (secondary N) is 2. The zero-order valence-electron chi connectivity index (χ0n) is 16.7. The first-order chi connectivity index (χ1) is 13.3. The van der Waals surface area contributed by atoms with Crippen LogP contribution in [0.4, 0.5) is 23.1 Å². The van der Waals surface area contributed by atoms with E-state index in [1.54, 1.807) is 6.92 Å². The van der Waals surface area contributed by atoms with Gasteiger partial charge in [0, 0.05) is 42.8 Å². The van der Waals surface area contributed by atoms with Gasteiger partial charge < -0.3 is 20.1 Å². The lowest BCUT2D eigenvalue weighted by Gasteiger charge is -2.14. The zero-order valence-corrected chi connectivity index (χ0v) is 16.7. The van der Waals surface area contributed by atoms with Gasteiger partial charge >= 0.3 is 0 Å². The Hall–Kier alpha value is -3.42. The summed E-state index contributed by atoms with van der Waals surface area (Å²) >= 11 is 0. The molecule has 2 N–H and O–H groups in total. The molecule has 0 spiro atoms. The normalized spacial score (nSPS) is 10.6. The van der Waals surface area contributed by atoms with Gasteiger partial charge in [0.25, 0.3) is 0 Å². The molecule has 146 valence electrons. The second kappa shape index (κ2) is 8.08. The molecule has 2 aromatic heterocycles. The Labute approximate surface area is 164 Å². The molecule has 28 heavy (non-hydrogen) atoms. The number of rotatable bonds is 6. The van der Waals surface area contributed by atoms with E-state index in [2.05, 4.69) is 25.8 Å². The lowest BCUT2D eigenvalue weighted by molar-refractivity contribution is -0.115. The molecule has 3 rings (SSSR count). The predicted molar refractivity (Wildman–Crippen MR) is 109 cm³/mol. The molecule has 1 aromatic carbocycles. The van der Waals surface area contributed by atoms with Crippen molar-refractivity contribution in [3.63, 3.8) is 0 Å². The van der Waals surface area contributed by atoms with Crippen molar-refractivity contribution in [2.24, 2.45) is 0 Å². The minimum Gasteiger partial charge on any atom is -0.363 e. The van der Waals surface area contributed by atoms with E-state index >= 15 is 0 Å². The van der Waals surface area contributed by atoms with E-state index in [0.29, 0.717) is 17.4 Å². The van der Waals surface area contributed by atoms with Crippen LogP contribution in [-0.2, 0) is 11.2 Å². The maximum absolute atomic E-state index is 12.3. The van der Waals surface area contributed by atoms with E-state index < -0.39 is 0 Å². The first-order valence-corrected chi connectivity index (χ1v) is 8.93. The van der Waals surface area contributed by atoms with Crippen LogP contribution in [0.5, 0.6) is 0 Å². The lowest BCUT2D eigenvalue weighted by atomic mass is 10.1. The molecule has 0 fully saturated rings. The van der Waals surface area contributed by atoms with Crippen LogP contribution in [-0.4, -0.2) is 35.1 Å². The highest BCUT2D eigenvalue weighted by Gasteiger charge is 2.13. The first-order valence-electron chi connectivity index (χ1n) is 8.93. The van der Waals surface area contributed by atoms with Gasteiger partial charge in [-0.05, 0) is 45.0 Å². The molecular weight excluding hydrogens is 356 g/mol. The Morgan fingerprint density at radius 2 is 1.75 bits per heavy atom.